The molecular formula is C18H23NS. The van der Waals surface area contributed by atoms with Gasteiger partial charge in [0.2, 0.25) is 0 Å². The normalized spacial score (nSPS) is 10.8. The number of anilines is 1. The molecule has 20 heavy (non-hydrogen) atoms. The lowest BCUT2D eigenvalue weighted by Gasteiger charge is -2.14. The molecule has 2 aromatic carbocycles. The molecule has 0 aliphatic rings. The van der Waals surface area contributed by atoms with Crippen molar-refractivity contribution in [1.29, 1.82) is 0 Å². The molecule has 2 rings (SSSR count). The second kappa shape index (κ2) is 7.39. The highest BCUT2D eigenvalue weighted by Gasteiger charge is 2.04. The minimum Gasteiger partial charge on any atom is -0.383 e. The van der Waals surface area contributed by atoms with E-state index in [9.17, 15) is 0 Å². The summed E-state index contributed by atoms with van der Waals surface area (Å²) in [5, 5.41) is 3.53. The van der Waals surface area contributed by atoms with Crippen molar-refractivity contribution in [3.8, 4) is 0 Å². The first-order valence-corrected chi connectivity index (χ1v) is 8.39. The van der Waals surface area contributed by atoms with Crippen LogP contribution < -0.4 is 5.32 Å². The fourth-order valence-corrected chi connectivity index (χ4v) is 2.78. The molecule has 0 saturated heterocycles. The Hall–Kier alpha value is -1.41. The van der Waals surface area contributed by atoms with Gasteiger partial charge in [0.1, 0.15) is 0 Å². The summed E-state index contributed by atoms with van der Waals surface area (Å²) in [6.07, 6.45) is 4.29. The van der Waals surface area contributed by atoms with Crippen LogP contribution in [0.1, 0.15) is 25.0 Å². The average Bonchev–Trinajstić information content (AvgIpc) is 2.46. The quantitative estimate of drug-likeness (QED) is 0.748. The van der Waals surface area contributed by atoms with E-state index in [2.05, 4.69) is 74.0 Å². The third kappa shape index (κ3) is 4.31. The van der Waals surface area contributed by atoms with Gasteiger partial charge >= 0.3 is 0 Å². The summed E-state index contributed by atoms with van der Waals surface area (Å²) in [6, 6.07) is 17.9. The fourth-order valence-electron chi connectivity index (χ4n) is 2.30. The van der Waals surface area contributed by atoms with Gasteiger partial charge in [-0.1, -0.05) is 30.3 Å². The predicted octanol–water partition coefficient (Wildman–Crippen LogP) is 5.01. The number of hydrogen-bond donors (Lipinski definition) is 1. The molecule has 1 nitrogen and oxygen atoms in total. The van der Waals surface area contributed by atoms with E-state index in [-0.39, 0.29) is 0 Å². The smallest absolute Gasteiger partial charge is 0.0374 e. The molecule has 0 fully saturated rings. The van der Waals surface area contributed by atoms with Crippen molar-refractivity contribution < 1.29 is 0 Å². The first kappa shape index (κ1) is 15.0. The lowest BCUT2D eigenvalue weighted by Crippen LogP contribution is -2.11. The molecule has 0 amide bonds. The topological polar surface area (TPSA) is 12.0 Å². The zero-order valence-electron chi connectivity index (χ0n) is 12.5. The highest BCUT2D eigenvalue weighted by Crippen LogP contribution is 2.20. The standard InChI is InChI=1S/C18H23NS/c1-14(2)19-18-10-5-4-8-16(18)12-11-15-7-6-9-17(13-15)20-3/h4-10,13-14,19H,11-12H2,1-3H3. The highest BCUT2D eigenvalue weighted by molar-refractivity contribution is 7.98. The van der Waals surface area contributed by atoms with Crippen LogP contribution in [0.25, 0.3) is 0 Å². The van der Waals surface area contributed by atoms with Crippen LogP contribution in [0.5, 0.6) is 0 Å². The van der Waals surface area contributed by atoms with E-state index in [0.29, 0.717) is 6.04 Å². The van der Waals surface area contributed by atoms with E-state index >= 15 is 0 Å². The Balaban J connectivity index is 2.06. The van der Waals surface area contributed by atoms with Crippen LogP contribution in [0.4, 0.5) is 5.69 Å². The van der Waals surface area contributed by atoms with E-state index in [1.807, 2.05) is 0 Å². The second-order valence-electron chi connectivity index (χ2n) is 5.31. The Kier molecular flexibility index (Phi) is 5.54. The van der Waals surface area contributed by atoms with Gasteiger partial charge in [0, 0.05) is 16.6 Å². The zero-order valence-corrected chi connectivity index (χ0v) is 13.3. The fraction of sp³-hybridized carbons (Fsp3) is 0.333. The van der Waals surface area contributed by atoms with E-state index < -0.39 is 0 Å². The Morgan fingerprint density at radius 2 is 1.80 bits per heavy atom. The minimum atomic E-state index is 0.468. The predicted molar refractivity (Wildman–Crippen MR) is 90.8 cm³/mol. The van der Waals surface area contributed by atoms with E-state index in [0.717, 1.165) is 12.8 Å². The summed E-state index contributed by atoms with van der Waals surface area (Å²) >= 11 is 1.80. The number of para-hydroxylation sites is 1. The molecule has 0 aliphatic heterocycles. The number of aryl methyl sites for hydroxylation is 2. The lowest BCUT2D eigenvalue weighted by molar-refractivity contribution is 0.885. The largest absolute Gasteiger partial charge is 0.383 e. The van der Waals surface area contributed by atoms with Crippen molar-refractivity contribution in [2.75, 3.05) is 11.6 Å². The Morgan fingerprint density at radius 3 is 2.55 bits per heavy atom. The summed E-state index contributed by atoms with van der Waals surface area (Å²) in [5.41, 5.74) is 4.08. The van der Waals surface area contributed by atoms with Crippen molar-refractivity contribution in [3.63, 3.8) is 0 Å². The van der Waals surface area contributed by atoms with Crippen LogP contribution in [-0.4, -0.2) is 12.3 Å². The number of nitrogens with one attached hydrogen (secondary N) is 1. The highest BCUT2D eigenvalue weighted by atomic mass is 32.2. The maximum atomic E-state index is 3.53. The van der Waals surface area contributed by atoms with E-state index in [1.54, 1.807) is 11.8 Å². The molecule has 1 N–H and O–H groups in total. The molecule has 0 spiro atoms. The van der Waals surface area contributed by atoms with Crippen molar-refractivity contribution in [2.24, 2.45) is 0 Å². The van der Waals surface area contributed by atoms with Crippen LogP contribution in [-0.2, 0) is 12.8 Å². The average molecular weight is 285 g/mol. The van der Waals surface area contributed by atoms with E-state index in [1.165, 1.54) is 21.7 Å². The molecule has 0 radical (unpaired) electrons. The minimum absolute atomic E-state index is 0.468. The number of hydrogen-bond acceptors (Lipinski definition) is 2. The van der Waals surface area contributed by atoms with Gasteiger partial charge in [-0.3, -0.25) is 0 Å². The van der Waals surface area contributed by atoms with Crippen molar-refractivity contribution in [2.45, 2.75) is 37.6 Å². The summed E-state index contributed by atoms with van der Waals surface area (Å²) in [4.78, 5) is 1.34. The summed E-state index contributed by atoms with van der Waals surface area (Å²) in [5.74, 6) is 0. The summed E-state index contributed by atoms with van der Waals surface area (Å²) in [6.45, 7) is 4.36. The van der Waals surface area contributed by atoms with Gasteiger partial charge in [0.25, 0.3) is 0 Å². The Bertz CT molecular complexity index is 549. The lowest BCUT2D eigenvalue weighted by atomic mass is 10.0. The first-order chi connectivity index (χ1) is 9.69. The third-order valence-corrected chi connectivity index (χ3v) is 4.00. The maximum Gasteiger partial charge on any atom is 0.0374 e. The maximum absolute atomic E-state index is 3.53. The first-order valence-electron chi connectivity index (χ1n) is 7.16. The molecule has 2 aromatic rings. The molecule has 0 unspecified atom stereocenters. The van der Waals surface area contributed by atoms with Crippen molar-refractivity contribution in [1.82, 2.24) is 0 Å². The summed E-state index contributed by atoms with van der Waals surface area (Å²) in [7, 11) is 0. The third-order valence-electron chi connectivity index (χ3n) is 3.28. The monoisotopic (exact) mass is 285 g/mol. The molecule has 2 heteroatoms. The SMILES string of the molecule is CSc1cccc(CCc2ccccc2NC(C)C)c1. The van der Waals surface area contributed by atoms with Gasteiger partial charge < -0.3 is 5.32 Å². The van der Waals surface area contributed by atoms with E-state index in [4.69, 9.17) is 0 Å². The Labute approximate surface area is 126 Å². The summed E-state index contributed by atoms with van der Waals surface area (Å²) < 4.78 is 0. The van der Waals surface area contributed by atoms with Crippen LogP contribution in [0.3, 0.4) is 0 Å². The molecule has 0 saturated carbocycles. The molecule has 0 aromatic heterocycles. The molecular weight excluding hydrogens is 262 g/mol. The van der Waals surface area contributed by atoms with Gasteiger partial charge in [-0.2, -0.15) is 0 Å². The van der Waals surface area contributed by atoms with Gasteiger partial charge in [-0.25, -0.2) is 0 Å². The molecule has 0 atom stereocenters. The van der Waals surface area contributed by atoms with Crippen LogP contribution in [0.2, 0.25) is 0 Å². The molecule has 0 bridgehead atoms. The molecule has 0 heterocycles. The van der Waals surface area contributed by atoms with Crippen LogP contribution in [0.15, 0.2) is 53.4 Å². The second-order valence-corrected chi connectivity index (χ2v) is 6.19. The van der Waals surface area contributed by atoms with Crippen molar-refractivity contribution in [3.05, 3.63) is 59.7 Å². The molecule has 0 aliphatic carbocycles. The van der Waals surface area contributed by atoms with Crippen LogP contribution >= 0.6 is 11.8 Å². The van der Waals surface area contributed by atoms with Gasteiger partial charge in [-0.15, -0.1) is 11.8 Å². The number of benzene rings is 2. The van der Waals surface area contributed by atoms with Gasteiger partial charge in [0.05, 0.1) is 0 Å². The van der Waals surface area contributed by atoms with Gasteiger partial charge in [0.15, 0.2) is 0 Å². The van der Waals surface area contributed by atoms with Crippen molar-refractivity contribution >= 4 is 17.4 Å². The van der Waals surface area contributed by atoms with Gasteiger partial charge in [-0.05, 0) is 62.3 Å². The zero-order chi connectivity index (χ0) is 14.4. The number of rotatable bonds is 6. The number of thioether (sulfide) groups is 1. The Morgan fingerprint density at radius 1 is 1.00 bits per heavy atom. The molecule has 106 valence electrons. The van der Waals surface area contributed by atoms with Crippen LogP contribution in [0, 0.1) is 0 Å².